The lowest BCUT2D eigenvalue weighted by Crippen LogP contribution is -2.15. The quantitative estimate of drug-likeness (QED) is 0.404. The van der Waals surface area contributed by atoms with Gasteiger partial charge in [0.1, 0.15) is 0 Å². The fourth-order valence-corrected chi connectivity index (χ4v) is 4.86. The van der Waals surface area contributed by atoms with Crippen molar-refractivity contribution in [2.24, 2.45) is 0 Å². The van der Waals surface area contributed by atoms with Gasteiger partial charge in [-0.05, 0) is 43.5 Å². The van der Waals surface area contributed by atoms with Crippen LogP contribution >= 0.6 is 34.7 Å². The number of carbonyl (C=O) groups is 1. The molecule has 1 aromatic carbocycles. The Kier molecular flexibility index (Phi) is 7.75. The average Bonchev–Trinajstić information content (AvgIpc) is 3.31. The van der Waals surface area contributed by atoms with E-state index >= 15 is 0 Å². The number of hydrogen-bond acceptors (Lipinski definition) is 5. The number of amides is 1. The van der Waals surface area contributed by atoms with Crippen molar-refractivity contribution < 1.29 is 4.79 Å². The first-order valence-corrected chi connectivity index (χ1v) is 12.0. The normalized spacial score (nSPS) is 11.0. The molecule has 2 heterocycles. The maximum absolute atomic E-state index is 12.4. The Bertz CT molecular complexity index is 983. The van der Waals surface area contributed by atoms with Crippen molar-refractivity contribution in [1.82, 2.24) is 14.8 Å². The summed E-state index contributed by atoms with van der Waals surface area (Å²) in [6, 6.07) is 7.67. The molecule has 3 rings (SSSR count). The van der Waals surface area contributed by atoms with Crippen molar-refractivity contribution in [2.75, 3.05) is 11.1 Å². The molecule has 0 aliphatic heterocycles. The summed E-state index contributed by atoms with van der Waals surface area (Å²) in [7, 11) is 0. The van der Waals surface area contributed by atoms with Crippen LogP contribution in [0.15, 0.2) is 34.8 Å². The zero-order valence-electron chi connectivity index (χ0n) is 16.9. The van der Waals surface area contributed by atoms with Crippen LogP contribution in [-0.2, 0) is 17.8 Å². The van der Waals surface area contributed by atoms with Crippen molar-refractivity contribution in [3.8, 4) is 11.4 Å². The van der Waals surface area contributed by atoms with Crippen LogP contribution in [0, 0.1) is 6.92 Å². The monoisotopic (exact) mass is 448 g/mol. The van der Waals surface area contributed by atoms with Gasteiger partial charge in [-0.2, -0.15) is 0 Å². The minimum absolute atomic E-state index is 0.0891. The van der Waals surface area contributed by atoms with Crippen LogP contribution < -0.4 is 5.32 Å². The second kappa shape index (κ2) is 10.3. The molecule has 0 spiro atoms. The zero-order valence-corrected chi connectivity index (χ0v) is 19.3. The predicted octanol–water partition coefficient (Wildman–Crippen LogP) is 6.06. The van der Waals surface area contributed by atoms with E-state index in [1.165, 1.54) is 16.6 Å². The molecule has 0 saturated carbocycles. The van der Waals surface area contributed by atoms with Crippen molar-refractivity contribution >= 4 is 46.3 Å². The largest absolute Gasteiger partial charge is 0.325 e. The summed E-state index contributed by atoms with van der Waals surface area (Å²) in [5.74, 6) is 1.05. The summed E-state index contributed by atoms with van der Waals surface area (Å²) in [4.78, 5) is 13.8. The standard InChI is InChI=1S/C21H25ClN4OS2/c1-4-6-17-10-15(12-28-17)20-24-25-21(26(20)9-5-2)29-13-19(27)23-18-11-16(22)8-7-14(18)3/h7-8,10-12H,4-6,9,13H2,1-3H3,(H,23,27). The SMILES string of the molecule is CCCc1cc(-c2nnc(SCC(=O)Nc3cc(Cl)ccc3C)n2CCC)cs1. The number of nitrogens with one attached hydrogen (secondary N) is 1. The molecular weight excluding hydrogens is 424 g/mol. The Morgan fingerprint density at radius 2 is 2.07 bits per heavy atom. The first-order valence-electron chi connectivity index (χ1n) is 9.71. The van der Waals surface area contributed by atoms with Gasteiger partial charge in [0.15, 0.2) is 11.0 Å². The van der Waals surface area contributed by atoms with Crippen molar-refractivity contribution in [2.45, 2.75) is 51.7 Å². The average molecular weight is 449 g/mol. The lowest BCUT2D eigenvalue weighted by atomic mass is 10.2. The van der Waals surface area contributed by atoms with Crippen LogP contribution in [0.4, 0.5) is 5.69 Å². The van der Waals surface area contributed by atoms with Crippen LogP contribution in [0.2, 0.25) is 5.02 Å². The van der Waals surface area contributed by atoms with E-state index in [1.54, 1.807) is 17.4 Å². The lowest BCUT2D eigenvalue weighted by molar-refractivity contribution is -0.113. The molecule has 29 heavy (non-hydrogen) atoms. The highest BCUT2D eigenvalue weighted by molar-refractivity contribution is 7.99. The number of nitrogens with zero attached hydrogens (tertiary/aromatic N) is 3. The fourth-order valence-electron chi connectivity index (χ4n) is 2.95. The minimum Gasteiger partial charge on any atom is -0.325 e. The smallest absolute Gasteiger partial charge is 0.234 e. The number of anilines is 1. The third kappa shape index (κ3) is 5.62. The third-order valence-corrected chi connectivity index (χ3v) is 6.58. The summed E-state index contributed by atoms with van der Waals surface area (Å²) >= 11 is 9.20. The summed E-state index contributed by atoms with van der Waals surface area (Å²) in [6.45, 7) is 7.07. The highest BCUT2D eigenvalue weighted by Crippen LogP contribution is 2.29. The minimum atomic E-state index is -0.0891. The molecule has 0 bridgehead atoms. The number of aryl methyl sites for hydroxylation is 2. The number of thioether (sulfide) groups is 1. The van der Waals surface area contributed by atoms with Gasteiger partial charge in [-0.1, -0.05) is 49.7 Å². The fraction of sp³-hybridized carbons (Fsp3) is 0.381. The Labute approximate surface area is 184 Å². The van der Waals surface area contributed by atoms with Gasteiger partial charge in [0.2, 0.25) is 5.91 Å². The molecule has 8 heteroatoms. The molecule has 0 atom stereocenters. The maximum Gasteiger partial charge on any atom is 0.234 e. The third-order valence-electron chi connectivity index (χ3n) is 4.38. The molecule has 0 aliphatic rings. The summed E-state index contributed by atoms with van der Waals surface area (Å²) in [5, 5.41) is 15.2. The Balaban J connectivity index is 1.71. The molecule has 2 aromatic heterocycles. The number of carbonyl (C=O) groups excluding carboxylic acids is 1. The summed E-state index contributed by atoms with van der Waals surface area (Å²) in [5.41, 5.74) is 2.82. The van der Waals surface area contributed by atoms with E-state index in [-0.39, 0.29) is 11.7 Å². The second-order valence-corrected chi connectivity index (χ2v) is 9.18. The molecular formula is C21H25ClN4OS2. The Morgan fingerprint density at radius 1 is 1.24 bits per heavy atom. The Hall–Kier alpha value is -1.83. The van der Waals surface area contributed by atoms with Crippen LogP contribution in [0.25, 0.3) is 11.4 Å². The lowest BCUT2D eigenvalue weighted by Gasteiger charge is -2.10. The van der Waals surface area contributed by atoms with Gasteiger partial charge in [0.05, 0.1) is 5.75 Å². The number of hydrogen-bond donors (Lipinski definition) is 1. The van der Waals surface area contributed by atoms with E-state index in [9.17, 15) is 4.79 Å². The van der Waals surface area contributed by atoms with E-state index < -0.39 is 0 Å². The number of aromatic nitrogens is 3. The second-order valence-electron chi connectivity index (χ2n) is 6.81. The molecule has 0 aliphatic carbocycles. The highest BCUT2D eigenvalue weighted by atomic mass is 35.5. The van der Waals surface area contributed by atoms with Gasteiger partial charge in [0.25, 0.3) is 0 Å². The topological polar surface area (TPSA) is 59.8 Å². The van der Waals surface area contributed by atoms with Gasteiger partial charge in [-0.3, -0.25) is 4.79 Å². The van der Waals surface area contributed by atoms with E-state index in [4.69, 9.17) is 11.6 Å². The summed E-state index contributed by atoms with van der Waals surface area (Å²) in [6.07, 6.45) is 3.18. The van der Waals surface area contributed by atoms with Crippen LogP contribution in [0.1, 0.15) is 37.1 Å². The van der Waals surface area contributed by atoms with Crippen LogP contribution in [0.3, 0.4) is 0 Å². The van der Waals surface area contributed by atoms with E-state index in [0.29, 0.717) is 5.02 Å². The molecule has 0 unspecified atom stereocenters. The van der Waals surface area contributed by atoms with Gasteiger partial charge < -0.3 is 9.88 Å². The Morgan fingerprint density at radius 3 is 2.83 bits per heavy atom. The first-order chi connectivity index (χ1) is 14.0. The highest BCUT2D eigenvalue weighted by Gasteiger charge is 2.16. The molecule has 0 fully saturated rings. The first kappa shape index (κ1) is 21.9. The van der Waals surface area contributed by atoms with Gasteiger partial charge in [0, 0.05) is 33.1 Å². The number of thiophene rings is 1. The van der Waals surface area contributed by atoms with Gasteiger partial charge in [-0.25, -0.2) is 0 Å². The molecule has 3 aromatic rings. The van der Waals surface area contributed by atoms with Gasteiger partial charge >= 0.3 is 0 Å². The molecule has 1 N–H and O–H groups in total. The molecule has 0 radical (unpaired) electrons. The zero-order chi connectivity index (χ0) is 20.8. The van der Waals surface area contributed by atoms with Crippen molar-refractivity contribution in [1.29, 1.82) is 0 Å². The predicted molar refractivity (Wildman–Crippen MR) is 123 cm³/mol. The van der Waals surface area contributed by atoms with E-state index in [0.717, 1.165) is 53.6 Å². The van der Waals surface area contributed by atoms with Gasteiger partial charge in [-0.15, -0.1) is 21.5 Å². The van der Waals surface area contributed by atoms with E-state index in [1.807, 2.05) is 19.1 Å². The number of benzene rings is 1. The molecule has 154 valence electrons. The van der Waals surface area contributed by atoms with Crippen molar-refractivity contribution in [3.05, 3.63) is 45.1 Å². The van der Waals surface area contributed by atoms with Crippen molar-refractivity contribution in [3.63, 3.8) is 0 Å². The maximum atomic E-state index is 12.4. The molecule has 1 amide bonds. The number of rotatable bonds is 9. The summed E-state index contributed by atoms with van der Waals surface area (Å²) < 4.78 is 2.11. The molecule has 5 nitrogen and oxygen atoms in total. The molecule has 0 saturated heterocycles. The number of halogens is 1. The van der Waals surface area contributed by atoms with Crippen LogP contribution in [0.5, 0.6) is 0 Å². The van der Waals surface area contributed by atoms with E-state index in [2.05, 4.69) is 45.4 Å². The van der Waals surface area contributed by atoms with Crippen LogP contribution in [-0.4, -0.2) is 26.4 Å².